The Morgan fingerprint density at radius 1 is 1.31 bits per heavy atom. The van der Waals surface area contributed by atoms with Crippen LogP contribution in [0.3, 0.4) is 0 Å². The Labute approximate surface area is 72.6 Å². The predicted octanol–water partition coefficient (Wildman–Crippen LogP) is 0.414. The summed E-state index contributed by atoms with van der Waals surface area (Å²) >= 11 is 0. The molecule has 13 heavy (non-hydrogen) atoms. The van der Waals surface area contributed by atoms with Gasteiger partial charge in [-0.3, -0.25) is 0 Å². The van der Waals surface area contributed by atoms with E-state index in [4.69, 9.17) is 10.2 Å². The summed E-state index contributed by atoms with van der Waals surface area (Å²) in [4.78, 5) is 20.3. The third-order valence-corrected chi connectivity index (χ3v) is 1.11. The number of aromatic carboxylic acids is 1. The summed E-state index contributed by atoms with van der Waals surface area (Å²) in [5.41, 5.74) is 0. The van der Waals surface area contributed by atoms with Gasteiger partial charge in [0.15, 0.2) is 5.76 Å². The molecular weight excluding hydrogens is 176 g/mol. The van der Waals surface area contributed by atoms with E-state index >= 15 is 0 Å². The van der Waals surface area contributed by atoms with E-state index in [0.717, 1.165) is 0 Å². The van der Waals surface area contributed by atoms with Gasteiger partial charge in [0.05, 0.1) is 0 Å². The van der Waals surface area contributed by atoms with Gasteiger partial charge in [0, 0.05) is 5.92 Å². The highest BCUT2D eigenvalue weighted by molar-refractivity contribution is 5.87. The molecule has 2 N–H and O–H groups in total. The molecule has 0 aliphatic rings. The maximum absolute atomic E-state index is 10.3. The van der Waals surface area contributed by atoms with E-state index in [9.17, 15) is 9.59 Å². The Hall–Kier alpha value is -2.22. The highest BCUT2D eigenvalue weighted by Crippen LogP contribution is 2.05. The van der Waals surface area contributed by atoms with Crippen LogP contribution in [-0.4, -0.2) is 22.2 Å². The molecule has 0 bridgehead atoms. The fraction of sp³-hybridized carbons (Fsp3) is 0. The number of hydrogen-bond donors (Lipinski definition) is 2. The largest absolute Gasteiger partial charge is 0.475 e. The fourth-order valence-electron chi connectivity index (χ4n) is 0.635. The van der Waals surface area contributed by atoms with E-state index in [1.165, 1.54) is 12.1 Å². The summed E-state index contributed by atoms with van der Waals surface area (Å²) in [7, 11) is 0. The molecule has 1 heterocycles. The molecule has 0 fully saturated rings. The molecule has 1 rings (SSSR count). The summed E-state index contributed by atoms with van der Waals surface area (Å²) in [6, 6.07) is 2.49. The number of carboxylic acids is 2. The molecule has 0 unspecified atom stereocenters. The zero-order valence-electron chi connectivity index (χ0n) is 6.27. The summed E-state index contributed by atoms with van der Waals surface area (Å²) in [5.74, 6) is 1.16. The van der Waals surface area contributed by atoms with Gasteiger partial charge in [-0.15, -0.1) is 0 Å². The molecule has 66 valence electrons. The molecule has 0 saturated carbocycles. The van der Waals surface area contributed by atoms with Crippen LogP contribution in [0.4, 0.5) is 0 Å². The van der Waals surface area contributed by atoms with E-state index in [-0.39, 0.29) is 11.5 Å². The van der Waals surface area contributed by atoms with Crippen molar-refractivity contribution < 1.29 is 24.2 Å². The standard InChI is InChI=1S/C8H4O5/c9-7(10)4-2-5-1-3-6(13-5)8(11)12/h1,3H,(H,9,10)(H,11,12). The van der Waals surface area contributed by atoms with Crippen LogP contribution in [0.15, 0.2) is 16.5 Å². The topological polar surface area (TPSA) is 87.7 Å². The molecule has 0 saturated heterocycles. The van der Waals surface area contributed by atoms with Crippen LogP contribution in [0.5, 0.6) is 0 Å². The Bertz CT molecular complexity index is 404. The minimum Gasteiger partial charge on any atom is -0.475 e. The van der Waals surface area contributed by atoms with Crippen LogP contribution in [0.2, 0.25) is 0 Å². The highest BCUT2D eigenvalue weighted by Gasteiger charge is 2.06. The summed E-state index contributed by atoms with van der Waals surface area (Å²) in [6.45, 7) is 0. The van der Waals surface area contributed by atoms with Crippen molar-refractivity contribution in [3.8, 4) is 11.8 Å². The molecule has 0 amide bonds. The summed E-state index contributed by atoms with van der Waals surface area (Å²) in [5, 5.41) is 16.6. The molecule has 0 aromatic carbocycles. The van der Waals surface area contributed by atoms with Crippen LogP contribution < -0.4 is 0 Å². The molecule has 1 aromatic rings. The minimum atomic E-state index is -1.30. The van der Waals surface area contributed by atoms with Gasteiger partial charge >= 0.3 is 11.9 Å². The lowest BCUT2D eigenvalue weighted by molar-refractivity contribution is -0.130. The first kappa shape index (κ1) is 8.87. The van der Waals surface area contributed by atoms with Crippen LogP contribution in [-0.2, 0) is 4.79 Å². The van der Waals surface area contributed by atoms with E-state index in [1.807, 2.05) is 0 Å². The molecule has 1 aromatic heterocycles. The first-order chi connectivity index (χ1) is 6.09. The average molecular weight is 180 g/mol. The zero-order valence-corrected chi connectivity index (χ0v) is 6.27. The number of furan rings is 1. The first-order valence-corrected chi connectivity index (χ1v) is 3.17. The van der Waals surface area contributed by atoms with Gasteiger partial charge in [0.25, 0.3) is 0 Å². The number of carboxylic acid groups (broad SMARTS) is 2. The second-order valence-corrected chi connectivity index (χ2v) is 2.02. The monoisotopic (exact) mass is 180 g/mol. The number of hydrogen-bond acceptors (Lipinski definition) is 3. The fourth-order valence-corrected chi connectivity index (χ4v) is 0.635. The second-order valence-electron chi connectivity index (χ2n) is 2.02. The van der Waals surface area contributed by atoms with Crippen molar-refractivity contribution >= 4 is 11.9 Å². The molecule has 0 spiro atoms. The molecule has 0 atom stereocenters. The van der Waals surface area contributed by atoms with Gasteiger partial charge in [0.1, 0.15) is 0 Å². The van der Waals surface area contributed by atoms with Crippen LogP contribution >= 0.6 is 0 Å². The maximum atomic E-state index is 10.3. The Morgan fingerprint density at radius 2 is 2.00 bits per heavy atom. The molecule has 5 heteroatoms. The van der Waals surface area contributed by atoms with E-state index < -0.39 is 11.9 Å². The predicted molar refractivity (Wildman–Crippen MR) is 40.2 cm³/mol. The smallest absolute Gasteiger partial charge is 0.382 e. The quantitative estimate of drug-likeness (QED) is 0.611. The SMILES string of the molecule is O=C(O)C#Cc1ccc(C(=O)O)o1. The lowest BCUT2D eigenvalue weighted by Gasteiger charge is -1.82. The van der Waals surface area contributed by atoms with Gasteiger partial charge in [0.2, 0.25) is 5.76 Å². The van der Waals surface area contributed by atoms with Crippen LogP contribution in [0.1, 0.15) is 16.3 Å². The van der Waals surface area contributed by atoms with E-state index in [2.05, 4.69) is 10.3 Å². The minimum absolute atomic E-state index is 0.0137. The zero-order chi connectivity index (χ0) is 9.84. The Kier molecular flexibility index (Phi) is 2.36. The van der Waals surface area contributed by atoms with Crippen molar-refractivity contribution in [2.45, 2.75) is 0 Å². The molecule has 0 aliphatic heterocycles. The average Bonchev–Trinajstić information content (AvgIpc) is 2.48. The third kappa shape index (κ3) is 2.38. The first-order valence-electron chi connectivity index (χ1n) is 3.17. The van der Waals surface area contributed by atoms with E-state index in [1.54, 1.807) is 5.92 Å². The van der Waals surface area contributed by atoms with Crippen molar-refractivity contribution in [3.63, 3.8) is 0 Å². The van der Waals surface area contributed by atoms with Gasteiger partial charge in [-0.25, -0.2) is 9.59 Å². The number of aliphatic carboxylic acids is 1. The lowest BCUT2D eigenvalue weighted by atomic mass is 10.4. The molecule has 0 aliphatic carbocycles. The van der Waals surface area contributed by atoms with Crippen molar-refractivity contribution in [2.24, 2.45) is 0 Å². The third-order valence-electron chi connectivity index (χ3n) is 1.11. The summed E-state index contributed by atoms with van der Waals surface area (Å²) in [6.07, 6.45) is 0. The van der Waals surface area contributed by atoms with Gasteiger partial charge in [-0.1, -0.05) is 0 Å². The van der Waals surface area contributed by atoms with Gasteiger partial charge in [-0.2, -0.15) is 0 Å². The summed E-state index contributed by atoms with van der Waals surface area (Å²) < 4.78 is 4.66. The highest BCUT2D eigenvalue weighted by atomic mass is 16.4. The van der Waals surface area contributed by atoms with Crippen LogP contribution in [0.25, 0.3) is 0 Å². The Balaban J connectivity index is 2.89. The van der Waals surface area contributed by atoms with Crippen molar-refractivity contribution in [2.75, 3.05) is 0 Å². The van der Waals surface area contributed by atoms with Crippen molar-refractivity contribution in [1.82, 2.24) is 0 Å². The van der Waals surface area contributed by atoms with Gasteiger partial charge < -0.3 is 14.6 Å². The number of rotatable bonds is 1. The molecular formula is C8H4O5. The number of carbonyl (C=O) groups is 2. The van der Waals surface area contributed by atoms with Gasteiger partial charge in [-0.05, 0) is 18.1 Å². The normalized spacial score (nSPS) is 8.62. The molecule has 0 radical (unpaired) electrons. The van der Waals surface area contributed by atoms with E-state index in [0.29, 0.717) is 0 Å². The maximum Gasteiger partial charge on any atom is 0.382 e. The van der Waals surface area contributed by atoms with Crippen molar-refractivity contribution in [1.29, 1.82) is 0 Å². The second kappa shape index (κ2) is 3.45. The molecule has 5 nitrogen and oxygen atoms in total. The van der Waals surface area contributed by atoms with Crippen LogP contribution in [0, 0.1) is 11.8 Å². The Morgan fingerprint density at radius 3 is 2.46 bits per heavy atom. The van der Waals surface area contributed by atoms with Crippen molar-refractivity contribution in [3.05, 3.63) is 23.7 Å². The lowest BCUT2D eigenvalue weighted by Crippen LogP contribution is -1.91.